The maximum Gasteiger partial charge on any atom is 0.261 e. The van der Waals surface area contributed by atoms with Crippen molar-refractivity contribution in [1.82, 2.24) is 5.32 Å². The lowest BCUT2D eigenvalue weighted by Gasteiger charge is -2.13. The highest BCUT2D eigenvalue weighted by atomic mass is 32.2. The molecule has 1 amide bonds. The second-order valence-corrected chi connectivity index (χ2v) is 8.53. The quantitative estimate of drug-likeness (QED) is 0.472. The second kappa shape index (κ2) is 10.2. The first kappa shape index (κ1) is 22.4. The van der Waals surface area contributed by atoms with Gasteiger partial charge in [-0.2, -0.15) is 0 Å². The van der Waals surface area contributed by atoms with E-state index < -0.39 is 15.9 Å². The molecule has 0 aliphatic carbocycles. The highest BCUT2D eigenvalue weighted by molar-refractivity contribution is 7.89. The zero-order valence-electron chi connectivity index (χ0n) is 16.4. The minimum absolute atomic E-state index is 0.0189. The number of sulfonamides is 1. The molecule has 0 aliphatic heterocycles. The van der Waals surface area contributed by atoms with E-state index in [4.69, 9.17) is 22.1 Å². The van der Waals surface area contributed by atoms with Gasteiger partial charge in [0, 0.05) is 12.1 Å². The first-order valence-electron chi connectivity index (χ1n) is 9.34. The Bertz CT molecular complexity index is 1160. The number of hydrogen-bond acceptors (Lipinski definition) is 5. The van der Waals surface area contributed by atoms with Crippen molar-refractivity contribution in [3.63, 3.8) is 0 Å². The lowest BCUT2D eigenvalue weighted by atomic mass is 10.1. The number of nitrogens with two attached hydrogens (primary N) is 1. The first-order chi connectivity index (χ1) is 14.8. The maximum atomic E-state index is 12.7. The van der Waals surface area contributed by atoms with Crippen molar-refractivity contribution in [1.29, 1.82) is 0 Å². The van der Waals surface area contributed by atoms with Crippen molar-refractivity contribution < 1.29 is 17.9 Å². The van der Waals surface area contributed by atoms with Gasteiger partial charge in [0.2, 0.25) is 10.0 Å². The van der Waals surface area contributed by atoms with Gasteiger partial charge < -0.3 is 10.1 Å². The summed E-state index contributed by atoms with van der Waals surface area (Å²) in [6.07, 6.45) is 0.714. The van der Waals surface area contributed by atoms with E-state index in [1.807, 2.05) is 30.3 Å². The molecule has 31 heavy (non-hydrogen) atoms. The first-order valence-corrected chi connectivity index (χ1v) is 11.3. The number of thiocarbonyl (C=S) groups is 1. The predicted octanol–water partition coefficient (Wildman–Crippen LogP) is 3.08. The van der Waals surface area contributed by atoms with Crippen LogP contribution in [0.25, 0.3) is 0 Å². The third kappa shape index (κ3) is 6.61. The Morgan fingerprint density at radius 3 is 2.26 bits per heavy atom. The minimum atomic E-state index is -3.78. The molecule has 0 unspecified atom stereocenters. The average molecular weight is 456 g/mol. The van der Waals surface area contributed by atoms with Crippen LogP contribution in [0.1, 0.15) is 15.9 Å². The molecule has 0 spiro atoms. The van der Waals surface area contributed by atoms with Gasteiger partial charge in [0.1, 0.15) is 5.75 Å². The molecule has 3 aromatic carbocycles. The molecule has 0 radical (unpaired) electrons. The third-order valence-corrected chi connectivity index (χ3v) is 5.42. The summed E-state index contributed by atoms with van der Waals surface area (Å²) in [5.41, 5.74) is 2.00. The molecular formula is C22H21N3O4S2. The molecule has 3 aromatic rings. The lowest BCUT2D eigenvalue weighted by molar-refractivity contribution is 0.0974. The molecule has 3 rings (SSSR count). The molecule has 160 valence electrons. The summed E-state index contributed by atoms with van der Waals surface area (Å²) in [7, 11) is -3.78. The Hall–Kier alpha value is -3.27. The summed E-state index contributed by atoms with van der Waals surface area (Å²) < 4.78 is 28.5. The van der Waals surface area contributed by atoms with E-state index in [2.05, 4.69) is 10.6 Å². The number of carbonyl (C=O) groups is 1. The minimum Gasteiger partial charge on any atom is -0.492 e. The Balaban J connectivity index is 1.59. The molecule has 9 heteroatoms. The molecule has 0 bridgehead atoms. The number of anilines is 1. The van der Waals surface area contributed by atoms with Crippen molar-refractivity contribution in [3.8, 4) is 5.75 Å². The number of ether oxygens (including phenoxy) is 1. The molecule has 7 nitrogen and oxygen atoms in total. The van der Waals surface area contributed by atoms with Gasteiger partial charge in [-0.1, -0.05) is 42.5 Å². The standard InChI is InChI=1S/C22H21N3O4S2/c23-31(27,28)18-12-10-17(11-13-18)24-22(30)25-21(26)19-8-4-5-9-20(19)29-15-14-16-6-2-1-3-7-16/h1-13H,14-15H2,(H2,23,27,28)(H2,24,25,26,30). The predicted molar refractivity (Wildman–Crippen MR) is 124 cm³/mol. The van der Waals surface area contributed by atoms with Gasteiger partial charge >= 0.3 is 0 Å². The summed E-state index contributed by atoms with van der Waals surface area (Å²) >= 11 is 5.19. The van der Waals surface area contributed by atoms with Gasteiger partial charge in [0.25, 0.3) is 5.91 Å². The molecule has 0 atom stereocenters. The van der Waals surface area contributed by atoms with Crippen LogP contribution in [-0.4, -0.2) is 26.0 Å². The SMILES string of the molecule is NS(=O)(=O)c1ccc(NC(=S)NC(=O)c2ccccc2OCCc2ccccc2)cc1. The van der Waals surface area contributed by atoms with E-state index in [9.17, 15) is 13.2 Å². The van der Waals surface area contributed by atoms with E-state index in [0.29, 0.717) is 30.0 Å². The van der Waals surface area contributed by atoms with Crippen LogP contribution in [0.3, 0.4) is 0 Å². The average Bonchev–Trinajstić information content (AvgIpc) is 2.74. The van der Waals surface area contributed by atoms with Crippen LogP contribution in [0.5, 0.6) is 5.75 Å². The van der Waals surface area contributed by atoms with Crippen LogP contribution >= 0.6 is 12.2 Å². The molecule has 0 aliphatic rings. The topological polar surface area (TPSA) is 111 Å². The van der Waals surface area contributed by atoms with Crippen LogP contribution in [0.15, 0.2) is 83.8 Å². The summed E-state index contributed by atoms with van der Waals surface area (Å²) in [6.45, 7) is 0.424. The maximum absolute atomic E-state index is 12.7. The fourth-order valence-corrected chi connectivity index (χ4v) is 3.49. The van der Waals surface area contributed by atoms with E-state index in [-0.39, 0.29) is 10.0 Å². The second-order valence-electron chi connectivity index (χ2n) is 6.56. The van der Waals surface area contributed by atoms with Crippen molar-refractivity contribution in [3.05, 3.63) is 90.0 Å². The van der Waals surface area contributed by atoms with Crippen LogP contribution in [-0.2, 0) is 16.4 Å². The number of benzene rings is 3. The fraction of sp³-hybridized carbons (Fsp3) is 0.0909. The largest absolute Gasteiger partial charge is 0.492 e. The number of amides is 1. The Labute approximate surface area is 186 Å². The summed E-state index contributed by atoms with van der Waals surface area (Å²) in [5.74, 6) is 0.0326. The number of rotatable bonds is 7. The smallest absolute Gasteiger partial charge is 0.261 e. The van der Waals surface area contributed by atoms with Crippen molar-refractivity contribution in [2.45, 2.75) is 11.3 Å². The normalized spacial score (nSPS) is 10.9. The monoisotopic (exact) mass is 455 g/mol. The van der Waals surface area contributed by atoms with E-state index in [0.717, 1.165) is 5.56 Å². The summed E-state index contributed by atoms with van der Waals surface area (Å²) in [4.78, 5) is 12.7. The van der Waals surface area contributed by atoms with Crippen LogP contribution in [0.2, 0.25) is 0 Å². The van der Waals surface area contributed by atoms with Gasteiger partial charge in [-0.25, -0.2) is 13.6 Å². The lowest BCUT2D eigenvalue weighted by Crippen LogP contribution is -2.34. The molecule has 0 aromatic heterocycles. The van der Waals surface area contributed by atoms with E-state index in [1.165, 1.54) is 24.3 Å². The zero-order valence-corrected chi connectivity index (χ0v) is 18.1. The van der Waals surface area contributed by atoms with Crippen molar-refractivity contribution >= 4 is 38.9 Å². The Morgan fingerprint density at radius 2 is 1.58 bits per heavy atom. The molecule has 0 heterocycles. The van der Waals surface area contributed by atoms with Crippen LogP contribution < -0.4 is 20.5 Å². The molecule has 0 fully saturated rings. The molecule has 4 N–H and O–H groups in total. The van der Waals surface area contributed by atoms with Gasteiger partial charge in [-0.15, -0.1) is 0 Å². The number of nitrogens with one attached hydrogen (secondary N) is 2. The highest BCUT2D eigenvalue weighted by Crippen LogP contribution is 2.18. The van der Waals surface area contributed by atoms with Gasteiger partial charge in [0.15, 0.2) is 5.11 Å². The molecule has 0 saturated heterocycles. The summed E-state index contributed by atoms with van der Waals surface area (Å²) in [5, 5.41) is 10.6. The van der Waals surface area contributed by atoms with Gasteiger partial charge in [-0.05, 0) is 54.2 Å². The summed E-state index contributed by atoms with van der Waals surface area (Å²) in [6, 6.07) is 22.5. The highest BCUT2D eigenvalue weighted by Gasteiger charge is 2.14. The Kier molecular flexibility index (Phi) is 7.35. The Morgan fingerprint density at radius 1 is 0.935 bits per heavy atom. The van der Waals surface area contributed by atoms with Crippen LogP contribution in [0.4, 0.5) is 5.69 Å². The van der Waals surface area contributed by atoms with Gasteiger partial charge in [0.05, 0.1) is 17.1 Å². The van der Waals surface area contributed by atoms with Crippen molar-refractivity contribution in [2.75, 3.05) is 11.9 Å². The van der Waals surface area contributed by atoms with E-state index >= 15 is 0 Å². The van der Waals surface area contributed by atoms with Crippen molar-refractivity contribution in [2.24, 2.45) is 5.14 Å². The zero-order chi connectivity index (χ0) is 22.3. The third-order valence-electron chi connectivity index (χ3n) is 4.29. The molecular weight excluding hydrogens is 434 g/mol. The number of carbonyl (C=O) groups excluding carboxylic acids is 1. The van der Waals surface area contributed by atoms with E-state index in [1.54, 1.807) is 24.3 Å². The fourth-order valence-electron chi connectivity index (χ4n) is 2.76. The number of para-hydroxylation sites is 1. The number of primary sulfonamides is 1. The van der Waals surface area contributed by atoms with Gasteiger partial charge in [-0.3, -0.25) is 10.1 Å². The number of hydrogen-bond donors (Lipinski definition) is 3. The molecule has 0 saturated carbocycles. The van der Waals surface area contributed by atoms with Crippen LogP contribution in [0, 0.1) is 0 Å².